The molecule has 0 aliphatic heterocycles. The van der Waals surface area contributed by atoms with Crippen LogP contribution in [0.1, 0.15) is 20.7 Å². The molecular weight excluding hydrogens is 440 g/mol. The van der Waals surface area contributed by atoms with Gasteiger partial charge in [-0.1, -0.05) is 12.1 Å². The van der Waals surface area contributed by atoms with Gasteiger partial charge in [0.15, 0.2) is 0 Å². The average Bonchev–Trinajstić information content (AvgIpc) is 2.67. The lowest BCUT2D eigenvalue weighted by atomic mass is 10.1. The van der Waals surface area contributed by atoms with Gasteiger partial charge in [0.2, 0.25) is 0 Å². The van der Waals surface area contributed by atoms with Crippen molar-refractivity contribution in [2.75, 3.05) is 22.9 Å². The third kappa shape index (κ3) is 8.61. The molecule has 0 amide bonds. The van der Waals surface area contributed by atoms with Gasteiger partial charge in [-0.25, -0.2) is 9.59 Å². The monoisotopic (exact) mass is 462 g/mol. The minimum absolute atomic E-state index is 0.0186. The number of anilines is 4. The van der Waals surface area contributed by atoms with Crippen molar-refractivity contribution in [1.29, 1.82) is 0 Å². The zero-order valence-corrected chi connectivity index (χ0v) is 17.4. The molecule has 0 aliphatic rings. The second-order valence-corrected chi connectivity index (χ2v) is 7.52. The van der Waals surface area contributed by atoms with E-state index in [1.807, 2.05) is 6.07 Å². The lowest BCUT2D eigenvalue weighted by Gasteiger charge is -2.01. The van der Waals surface area contributed by atoms with E-state index in [-0.39, 0.29) is 21.7 Å². The molecule has 0 spiro atoms. The molecule has 0 heterocycles. The summed E-state index contributed by atoms with van der Waals surface area (Å²) in [6.07, 6.45) is 0. The summed E-state index contributed by atoms with van der Waals surface area (Å²) in [4.78, 5) is 20.4. The maximum atomic E-state index is 10.6. The predicted molar refractivity (Wildman–Crippen MR) is 121 cm³/mol. The van der Waals surface area contributed by atoms with Crippen LogP contribution in [0.3, 0.4) is 0 Å². The molecule has 11 nitrogen and oxygen atoms in total. The first kappa shape index (κ1) is 25.7. The topological polar surface area (TPSA) is 233 Å². The van der Waals surface area contributed by atoms with Crippen molar-refractivity contribution < 1.29 is 32.8 Å². The van der Waals surface area contributed by atoms with Crippen LogP contribution in [-0.4, -0.2) is 35.1 Å². The number of hydrogen-bond donors (Lipinski definition) is 7. The van der Waals surface area contributed by atoms with Crippen LogP contribution in [0, 0.1) is 0 Å². The Kier molecular flexibility index (Phi) is 9.01. The lowest BCUT2D eigenvalue weighted by Crippen LogP contribution is -2.03. The Balaban J connectivity index is 0.000000245. The van der Waals surface area contributed by atoms with E-state index >= 15 is 0 Å². The van der Waals surface area contributed by atoms with E-state index in [0.717, 1.165) is 12.1 Å². The molecule has 0 fully saturated rings. The first-order chi connectivity index (χ1) is 14.8. The number of hydrogen-bond acceptors (Lipinski definition) is 8. The van der Waals surface area contributed by atoms with E-state index in [4.69, 9.17) is 37.7 Å². The number of nitrogen functional groups attached to an aromatic ring is 4. The predicted octanol–water partition coefficient (Wildman–Crippen LogP) is 2.03. The van der Waals surface area contributed by atoms with Crippen molar-refractivity contribution >= 4 is 44.8 Å². The van der Waals surface area contributed by atoms with Crippen LogP contribution in [0.5, 0.6) is 0 Å². The maximum absolute atomic E-state index is 10.6. The molecule has 3 aromatic rings. The molecule has 0 saturated carbocycles. The summed E-state index contributed by atoms with van der Waals surface area (Å²) >= 11 is 0. The Morgan fingerprint density at radius 2 is 1.09 bits per heavy atom. The van der Waals surface area contributed by atoms with Gasteiger partial charge in [0, 0.05) is 17.1 Å². The smallest absolute Gasteiger partial charge is 0.335 e. The third-order valence-corrected chi connectivity index (χ3v) is 4.51. The third-order valence-electron chi connectivity index (χ3n) is 3.58. The van der Waals surface area contributed by atoms with E-state index in [9.17, 15) is 18.0 Å². The van der Waals surface area contributed by atoms with Gasteiger partial charge in [0.05, 0.1) is 16.8 Å². The summed E-state index contributed by atoms with van der Waals surface area (Å²) in [7, 11) is -4.23. The van der Waals surface area contributed by atoms with Crippen LogP contribution in [-0.2, 0) is 10.1 Å². The number of aromatic carboxylic acids is 2. The summed E-state index contributed by atoms with van der Waals surface area (Å²) < 4.78 is 29.8. The number of carbonyl (C=O) groups is 2. The highest BCUT2D eigenvalue weighted by Crippen LogP contribution is 2.20. The molecule has 0 atom stereocenters. The van der Waals surface area contributed by atoms with Crippen molar-refractivity contribution in [3.05, 3.63) is 77.9 Å². The largest absolute Gasteiger partial charge is 0.478 e. The maximum Gasteiger partial charge on any atom is 0.335 e. The van der Waals surface area contributed by atoms with Crippen LogP contribution in [0.4, 0.5) is 22.7 Å². The van der Waals surface area contributed by atoms with Crippen LogP contribution in [0.2, 0.25) is 0 Å². The quantitative estimate of drug-likeness (QED) is 0.220. The Bertz CT molecular complexity index is 1170. The summed E-state index contributed by atoms with van der Waals surface area (Å²) in [6, 6.07) is 16.1. The van der Waals surface area contributed by atoms with Gasteiger partial charge in [0.1, 0.15) is 4.90 Å². The van der Waals surface area contributed by atoms with Gasteiger partial charge in [-0.15, -0.1) is 0 Å². The number of carboxylic acids is 2. The van der Waals surface area contributed by atoms with E-state index in [1.54, 1.807) is 18.2 Å². The zero-order chi connectivity index (χ0) is 24.5. The summed E-state index contributed by atoms with van der Waals surface area (Å²) in [5.74, 6) is -2.25. The van der Waals surface area contributed by atoms with E-state index in [0.29, 0.717) is 17.1 Å². The fourth-order valence-corrected chi connectivity index (χ4v) is 2.74. The highest BCUT2D eigenvalue weighted by Gasteiger charge is 2.12. The average molecular weight is 462 g/mol. The number of nitrogens with two attached hydrogens (primary N) is 4. The van der Waals surface area contributed by atoms with E-state index in [1.165, 1.54) is 30.3 Å². The molecule has 3 rings (SSSR count). The zero-order valence-electron chi connectivity index (χ0n) is 16.5. The van der Waals surface area contributed by atoms with Crippen molar-refractivity contribution in [3.63, 3.8) is 0 Å². The van der Waals surface area contributed by atoms with Crippen LogP contribution >= 0.6 is 0 Å². The molecule has 3 aromatic carbocycles. The standard InChI is InChI=1S/C8H6O4.C6H8N2O3S.C6H8N2/c9-7(10)5-2-1-3-6(4-5)8(11)12;7-4-1-2-6(5(8)3-4)12(9,10)11;7-5-2-1-3-6(8)4-5/h1-4H,(H,9,10)(H,11,12);1-3H,7-8H2,(H,9,10,11);1-4H,7-8H2. The Hall–Kier alpha value is -4.29. The number of rotatable bonds is 3. The van der Waals surface area contributed by atoms with Gasteiger partial charge < -0.3 is 33.1 Å². The number of carboxylic acid groups (broad SMARTS) is 2. The molecule has 0 unspecified atom stereocenters. The minimum Gasteiger partial charge on any atom is -0.478 e. The highest BCUT2D eigenvalue weighted by molar-refractivity contribution is 7.86. The second kappa shape index (κ2) is 11.2. The van der Waals surface area contributed by atoms with Gasteiger partial charge >= 0.3 is 11.9 Å². The molecule has 0 saturated heterocycles. The normalized spacial score (nSPS) is 10.0. The summed E-state index contributed by atoms with van der Waals surface area (Å²) in [6.45, 7) is 0. The Morgan fingerprint density at radius 3 is 1.44 bits per heavy atom. The Labute approximate surface area is 183 Å². The molecular formula is C20H22N4O7S. The summed E-state index contributed by atoms with van der Waals surface area (Å²) in [5.41, 5.74) is 23.0. The van der Waals surface area contributed by atoms with Crippen LogP contribution < -0.4 is 22.9 Å². The SMILES string of the molecule is Nc1ccc(S(=O)(=O)O)c(N)c1.Nc1cccc(N)c1.O=C(O)c1cccc(C(=O)O)c1. The Morgan fingerprint density at radius 1 is 0.656 bits per heavy atom. The van der Waals surface area contributed by atoms with E-state index < -0.39 is 22.1 Å². The molecule has 0 radical (unpaired) electrons. The van der Waals surface area contributed by atoms with Gasteiger partial charge in [0.25, 0.3) is 10.1 Å². The van der Waals surface area contributed by atoms with Crippen molar-refractivity contribution in [1.82, 2.24) is 0 Å². The fraction of sp³-hybridized carbons (Fsp3) is 0. The van der Waals surface area contributed by atoms with Gasteiger partial charge in [-0.05, 0) is 54.6 Å². The van der Waals surface area contributed by atoms with Crippen molar-refractivity contribution in [2.24, 2.45) is 0 Å². The highest BCUT2D eigenvalue weighted by atomic mass is 32.2. The number of benzene rings is 3. The molecule has 11 N–H and O–H groups in total. The molecule has 0 bridgehead atoms. The van der Waals surface area contributed by atoms with Crippen molar-refractivity contribution in [3.8, 4) is 0 Å². The van der Waals surface area contributed by atoms with Crippen LogP contribution in [0.15, 0.2) is 71.6 Å². The second-order valence-electron chi connectivity index (χ2n) is 6.13. The van der Waals surface area contributed by atoms with Crippen LogP contribution in [0.25, 0.3) is 0 Å². The fourth-order valence-electron chi connectivity index (χ4n) is 2.15. The molecule has 32 heavy (non-hydrogen) atoms. The molecule has 12 heteroatoms. The summed E-state index contributed by atoms with van der Waals surface area (Å²) in [5, 5.41) is 17.0. The first-order valence-electron chi connectivity index (χ1n) is 8.61. The molecule has 0 aromatic heterocycles. The first-order valence-corrected chi connectivity index (χ1v) is 10.1. The molecule has 0 aliphatic carbocycles. The molecule has 170 valence electrons. The lowest BCUT2D eigenvalue weighted by molar-refractivity contribution is 0.0696. The van der Waals surface area contributed by atoms with E-state index in [2.05, 4.69) is 0 Å². The van der Waals surface area contributed by atoms with Gasteiger partial charge in [-0.2, -0.15) is 8.42 Å². The van der Waals surface area contributed by atoms with Gasteiger partial charge in [-0.3, -0.25) is 4.55 Å². The minimum atomic E-state index is -4.23. The van der Waals surface area contributed by atoms with Crippen molar-refractivity contribution in [2.45, 2.75) is 4.90 Å².